The van der Waals surface area contributed by atoms with E-state index in [1.165, 1.54) is 0 Å². The number of aryl methyl sites for hydroxylation is 2. The number of hydrogen-bond donors (Lipinski definition) is 0. The SMILES string of the molecule is COc1ccc(CN2C(=O)Cc3c(C)nc([C@@H]4CCCN4C(=O)c4cnn(C)c4)nc32)cc1. The third kappa shape index (κ3) is 3.83. The Hall–Kier alpha value is -3.75. The molecule has 4 heterocycles. The first-order valence-corrected chi connectivity index (χ1v) is 11.0. The van der Waals surface area contributed by atoms with Crippen LogP contribution in [0.4, 0.5) is 5.82 Å². The van der Waals surface area contributed by atoms with Crippen molar-refractivity contribution in [3.05, 3.63) is 64.9 Å². The Kier molecular flexibility index (Phi) is 5.32. The van der Waals surface area contributed by atoms with Gasteiger partial charge in [-0.15, -0.1) is 0 Å². The molecule has 5 rings (SSSR count). The van der Waals surface area contributed by atoms with E-state index in [0.29, 0.717) is 36.7 Å². The van der Waals surface area contributed by atoms with Gasteiger partial charge in [0, 0.05) is 31.0 Å². The number of aromatic nitrogens is 4. The van der Waals surface area contributed by atoms with Crippen LogP contribution in [0, 0.1) is 6.92 Å². The molecule has 1 fully saturated rings. The largest absolute Gasteiger partial charge is 0.497 e. The number of rotatable bonds is 5. The van der Waals surface area contributed by atoms with Gasteiger partial charge in [0.1, 0.15) is 11.6 Å². The van der Waals surface area contributed by atoms with E-state index < -0.39 is 0 Å². The van der Waals surface area contributed by atoms with E-state index in [1.54, 1.807) is 36.1 Å². The van der Waals surface area contributed by atoms with Crippen LogP contribution >= 0.6 is 0 Å². The molecule has 1 saturated heterocycles. The summed E-state index contributed by atoms with van der Waals surface area (Å²) in [5.41, 5.74) is 3.20. The van der Waals surface area contributed by atoms with Gasteiger partial charge >= 0.3 is 0 Å². The maximum atomic E-state index is 13.1. The van der Waals surface area contributed by atoms with E-state index in [1.807, 2.05) is 36.1 Å². The molecule has 0 N–H and O–H groups in total. The van der Waals surface area contributed by atoms with Crippen LogP contribution in [0.3, 0.4) is 0 Å². The van der Waals surface area contributed by atoms with Gasteiger partial charge in [-0.3, -0.25) is 19.2 Å². The molecule has 33 heavy (non-hydrogen) atoms. The summed E-state index contributed by atoms with van der Waals surface area (Å²) in [4.78, 5) is 39.1. The maximum absolute atomic E-state index is 13.1. The predicted molar refractivity (Wildman–Crippen MR) is 121 cm³/mol. The van der Waals surface area contributed by atoms with Crippen molar-refractivity contribution in [1.82, 2.24) is 24.6 Å². The molecule has 0 aliphatic carbocycles. The molecule has 2 aliphatic rings. The van der Waals surface area contributed by atoms with Gasteiger partial charge < -0.3 is 9.64 Å². The lowest BCUT2D eigenvalue weighted by atomic mass is 10.1. The molecule has 9 nitrogen and oxygen atoms in total. The van der Waals surface area contributed by atoms with Gasteiger partial charge in [-0.25, -0.2) is 9.97 Å². The van der Waals surface area contributed by atoms with Crippen LogP contribution < -0.4 is 9.64 Å². The van der Waals surface area contributed by atoms with Crippen molar-refractivity contribution in [3.8, 4) is 5.75 Å². The van der Waals surface area contributed by atoms with Gasteiger partial charge in [0.2, 0.25) is 5.91 Å². The van der Waals surface area contributed by atoms with Crippen molar-refractivity contribution < 1.29 is 14.3 Å². The highest BCUT2D eigenvalue weighted by molar-refractivity contribution is 6.00. The van der Waals surface area contributed by atoms with Crippen molar-refractivity contribution in [2.24, 2.45) is 7.05 Å². The normalized spacial score (nSPS) is 17.5. The summed E-state index contributed by atoms with van der Waals surface area (Å²) in [6.45, 7) is 2.98. The highest BCUT2D eigenvalue weighted by atomic mass is 16.5. The first kappa shape index (κ1) is 21.1. The Labute approximate surface area is 192 Å². The van der Waals surface area contributed by atoms with Crippen molar-refractivity contribution in [2.45, 2.75) is 38.8 Å². The Balaban J connectivity index is 1.45. The third-order valence-electron chi connectivity index (χ3n) is 6.36. The minimum atomic E-state index is -0.222. The lowest BCUT2D eigenvalue weighted by molar-refractivity contribution is -0.117. The number of fused-ring (bicyclic) bond motifs is 1. The molecular weight excluding hydrogens is 420 g/mol. The standard InChI is InChI=1S/C24H26N6O3/c1-15-19-11-21(31)30(13-16-6-8-18(33-3)9-7-16)23(19)27-22(26-15)20-5-4-10-29(20)24(32)17-12-25-28(2)14-17/h6-9,12,14,20H,4-5,10-11,13H2,1-3H3/t20-/m0/s1. The maximum Gasteiger partial charge on any atom is 0.257 e. The summed E-state index contributed by atoms with van der Waals surface area (Å²) in [6, 6.07) is 7.44. The quantitative estimate of drug-likeness (QED) is 0.598. The van der Waals surface area contributed by atoms with Gasteiger partial charge in [0.05, 0.1) is 37.9 Å². The second-order valence-corrected chi connectivity index (χ2v) is 8.53. The van der Waals surface area contributed by atoms with E-state index in [9.17, 15) is 9.59 Å². The van der Waals surface area contributed by atoms with E-state index in [-0.39, 0.29) is 17.9 Å². The second-order valence-electron chi connectivity index (χ2n) is 8.53. The molecule has 2 aromatic heterocycles. The van der Waals surface area contributed by atoms with Gasteiger partial charge in [-0.05, 0) is 37.5 Å². The molecule has 1 atom stereocenters. The average molecular weight is 447 g/mol. The Morgan fingerprint density at radius 3 is 2.70 bits per heavy atom. The Morgan fingerprint density at radius 2 is 2.00 bits per heavy atom. The zero-order valence-electron chi connectivity index (χ0n) is 19.0. The minimum absolute atomic E-state index is 0.00471. The Bertz CT molecular complexity index is 1220. The lowest BCUT2D eigenvalue weighted by Crippen LogP contribution is -2.32. The number of benzene rings is 1. The van der Waals surface area contributed by atoms with Crippen LogP contribution in [0.5, 0.6) is 5.75 Å². The molecule has 0 unspecified atom stereocenters. The van der Waals surface area contributed by atoms with Crippen LogP contribution in [0.2, 0.25) is 0 Å². The van der Waals surface area contributed by atoms with Crippen molar-refractivity contribution in [3.63, 3.8) is 0 Å². The van der Waals surface area contributed by atoms with Gasteiger partial charge in [-0.2, -0.15) is 5.10 Å². The number of nitrogens with zero attached hydrogens (tertiary/aromatic N) is 6. The van der Waals surface area contributed by atoms with Crippen LogP contribution in [-0.4, -0.2) is 50.1 Å². The fraction of sp³-hybridized carbons (Fsp3) is 0.375. The number of methoxy groups -OCH3 is 1. The minimum Gasteiger partial charge on any atom is -0.497 e. The van der Waals surface area contributed by atoms with Crippen LogP contribution in [0.15, 0.2) is 36.7 Å². The van der Waals surface area contributed by atoms with E-state index in [2.05, 4.69) is 5.10 Å². The third-order valence-corrected chi connectivity index (χ3v) is 6.36. The molecule has 170 valence electrons. The zero-order valence-corrected chi connectivity index (χ0v) is 19.0. The topological polar surface area (TPSA) is 93.5 Å². The molecule has 2 amide bonds. The molecule has 0 spiro atoms. The van der Waals surface area contributed by atoms with Gasteiger partial charge in [0.25, 0.3) is 5.91 Å². The average Bonchev–Trinajstić information content (AvgIpc) is 3.54. The molecule has 0 radical (unpaired) electrons. The smallest absolute Gasteiger partial charge is 0.257 e. The number of anilines is 1. The monoisotopic (exact) mass is 446 g/mol. The van der Waals surface area contributed by atoms with Gasteiger partial charge in [-0.1, -0.05) is 12.1 Å². The molecule has 1 aromatic carbocycles. The summed E-state index contributed by atoms with van der Waals surface area (Å²) in [7, 11) is 3.42. The lowest BCUT2D eigenvalue weighted by Gasteiger charge is -2.25. The fourth-order valence-corrected chi connectivity index (χ4v) is 4.60. The summed E-state index contributed by atoms with van der Waals surface area (Å²) in [5, 5.41) is 4.12. The summed E-state index contributed by atoms with van der Waals surface area (Å²) < 4.78 is 6.85. The van der Waals surface area contributed by atoms with Crippen molar-refractivity contribution in [1.29, 1.82) is 0 Å². The first-order chi connectivity index (χ1) is 15.9. The van der Waals surface area contributed by atoms with E-state index in [4.69, 9.17) is 14.7 Å². The predicted octanol–water partition coefficient (Wildman–Crippen LogP) is 2.59. The highest BCUT2D eigenvalue weighted by Crippen LogP contribution is 2.36. The number of amides is 2. The van der Waals surface area contributed by atoms with E-state index >= 15 is 0 Å². The molecule has 9 heteroatoms. The van der Waals surface area contributed by atoms with Crippen LogP contribution in [0.1, 0.15) is 51.9 Å². The van der Waals surface area contributed by atoms with Gasteiger partial charge in [0.15, 0.2) is 5.82 Å². The van der Waals surface area contributed by atoms with Crippen molar-refractivity contribution in [2.75, 3.05) is 18.6 Å². The highest BCUT2D eigenvalue weighted by Gasteiger charge is 2.37. The molecule has 0 saturated carbocycles. The number of ether oxygens (including phenoxy) is 1. The number of hydrogen-bond acceptors (Lipinski definition) is 6. The van der Waals surface area contributed by atoms with Crippen molar-refractivity contribution >= 4 is 17.6 Å². The van der Waals surface area contributed by atoms with E-state index in [0.717, 1.165) is 35.4 Å². The molecular formula is C24H26N6O3. The molecule has 2 aliphatic heterocycles. The van der Waals surface area contributed by atoms with Crippen LogP contribution in [0.25, 0.3) is 0 Å². The fourth-order valence-electron chi connectivity index (χ4n) is 4.60. The first-order valence-electron chi connectivity index (χ1n) is 11.0. The zero-order chi connectivity index (χ0) is 23.1. The number of carbonyl (C=O) groups excluding carboxylic acids is 2. The molecule has 3 aromatic rings. The Morgan fingerprint density at radius 1 is 1.21 bits per heavy atom. The summed E-state index contributed by atoms with van der Waals surface area (Å²) in [5.74, 6) is 1.95. The second kappa shape index (κ2) is 8.31. The van der Waals surface area contributed by atoms with Crippen LogP contribution in [-0.2, 0) is 24.8 Å². The molecule has 0 bridgehead atoms. The summed E-state index contributed by atoms with van der Waals surface area (Å²) in [6.07, 6.45) is 5.27. The number of carbonyl (C=O) groups is 2. The number of likely N-dealkylation sites (tertiary alicyclic amines) is 1. The summed E-state index contributed by atoms with van der Waals surface area (Å²) >= 11 is 0.